The van der Waals surface area contributed by atoms with Crippen molar-refractivity contribution in [2.45, 2.75) is 26.8 Å². The second-order valence-corrected chi connectivity index (χ2v) is 12.8. The largest absolute Gasteiger partial charge is 0.377 e. The zero-order valence-electron chi connectivity index (χ0n) is 24.4. The van der Waals surface area contributed by atoms with Crippen LogP contribution in [0.1, 0.15) is 40.1 Å². The molecule has 43 heavy (non-hydrogen) atoms. The fourth-order valence-electron chi connectivity index (χ4n) is 5.06. The Balaban J connectivity index is 1.48. The highest BCUT2D eigenvalue weighted by Crippen LogP contribution is 2.29. The van der Waals surface area contributed by atoms with Gasteiger partial charge in [0.1, 0.15) is 5.15 Å². The number of fused-ring (bicyclic) bond motifs is 1. The first-order valence-electron chi connectivity index (χ1n) is 13.6. The Morgan fingerprint density at radius 1 is 1.00 bits per heavy atom. The van der Waals surface area contributed by atoms with E-state index in [1.807, 2.05) is 37.6 Å². The summed E-state index contributed by atoms with van der Waals surface area (Å²) in [7, 11) is -2.12. The molecule has 1 aliphatic rings. The molecule has 3 aromatic heterocycles. The number of carbonyl (C=O) groups excluding carboxylic acids is 1. The summed E-state index contributed by atoms with van der Waals surface area (Å²) in [5, 5.41) is 3.73. The van der Waals surface area contributed by atoms with Gasteiger partial charge >= 0.3 is 0 Å². The van der Waals surface area contributed by atoms with Crippen LogP contribution in [0, 0.1) is 13.8 Å². The highest BCUT2D eigenvalue weighted by Gasteiger charge is 2.25. The smallest absolute Gasteiger partial charge is 0.285 e. The molecule has 0 unspecified atom stereocenters. The average Bonchev–Trinajstić information content (AvgIpc) is 2.95. The monoisotopic (exact) mass is 625 g/mol. The van der Waals surface area contributed by atoms with E-state index in [2.05, 4.69) is 30.1 Å². The SMILES string of the molecule is Cc1cnc(N2CCN(c3nc4c([C@@H](C)Nc5ccc(Cl)nc5C(=O)NS(C)(=O)=O)cc(C)cc4c(=O)n3C)CC2)nc1. The van der Waals surface area contributed by atoms with Crippen LogP contribution >= 0.6 is 11.6 Å². The van der Waals surface area contributed by atoms with Crippen molar-refractivity contribution in [1.29, 1.82) is 0 Å². The molecule has 1 aliphatic heterocycles. The van der Waals surface area contributed by atoms with Crippen molar-refractivity contribution < 1.29 is 13.2 Å². The third-order valence-electron chi connectivity index (χ3n) is 7.14. The molecule has 1 amide bonds. The van der Waals surface area contributed by atoms with E-state index in [4.69, 9.17) is 16.6 Å². The third-order valence-corrected chi connectivity index (χ3v) is 7.90. The molecule has 13 nitrogen and oxygen atoms in total. The van der Waals surface area contributed by atoms with Gasteiger partial charge in [-0.2, -0.15) is 0 Å². The summed E-state index contributed by atoms with van der Waals surface area (Å²) >= 11 is 6.03. The zero-order chi connectivity index (χ0) is 31.1. The number of halogens is 1. The van der Waals surface area contributed by atoms with Gasteiger partial charge in [-0.05, 0) is 50.1 Å². The quantitative estimate of drug-likeness (QED) is 0.291. The van der Waals surface area contributed by atoms with Gasteiger partial charge in [0.15, 0.2) is 5.69 Å². The van der Waals surface area contributed by atoms with Gasteiger partial charge in [0.2, 0.25) is 21.9 Å². The van der Waals surface area contributed by atoms with Gasteiger partial charge in [0.05, 0.1) is 28.9 Å². The lowest BCUT2D eigenvalue weighted by molar-refractivity contribution is 0.0977. The lowest BCUT2D eigenvalue weighted by atomic mass is 10.0. The van der Waals surface area contributed by atoms with E-state index in [1.54, 1.807) is 30.1 Å². The number of hydrogen-bond acceptors (Lipinski definition) is 11. The molecule has 1 fully saturated rings. The summed E-state index contributed by atoms with van der Waals surface area (Å²) < 4.78 is 26.9. The van der Waals surface area contributed by atoms with Gasteiger partial charge in [-0.1, -0.05) is 17.7 Å². The van der Waals surface area contributed by atoms with Crippen molar-refractivity contribution >= 4 is 56.0 Å². The molecule has 5 rings (SSSR count). The van der Waals surface area contributed by atoms with E-state index in [0.29, 0.717) is 49.0 Å². The lowest BCUT2D eigenvalue weighted by Crippen LogP contribution is -2.48. The minimum absolute atomic E-state index is 0.0294. The molecular formula is C28H32ClN9O4S. The molecule has 0 spiro atoms. The van der Waals surface area contributed by atoms with Crippen molar-refractivity contribution in [3.63, 3.8) is 0 Å². The van der Waals surface area contributed by atoms with E-state index in [9.17, 15) is 18.0 Å². The maximum atomic E-state index is 13.6. The molecule has 1 atom stereocenters. The number of aryl methyl sites for hydroxylation is 2. The van der Waals surface area contributed by atoms with E-state index in [0.717, 1.165) is 22.9 Å². The zero-order valence-corrected chi connectivity index (χ0v) is 26.0. The van der Waals surface area contributed by atoms with E-state index >= 15 is 0 Å². The van der Waals surface area contributed by atoms with Crippen LogP contribution in [-0.4, -0.2) is 71.3 Å². The number of pyridine rings is 1. The Hall–Kier alpha value is -4.30. The van der Waals surface area contributed by atoms with Crippen molar-refractivity contribution in [1.82, 2.24) is 29.2 Å². The molecule has 4 heterocycles. The fourth-order valence-corrected chi connectivity index (χ4v) is 5.64. The lowest BCUT2D eigenvalue weighted by Gasteiger charge is -2.36. The topological polar surface area (TPSA) is 155 Å². The number of benzene rings is 1. The average molecular weight is 626 g/mol. The number of hydrogen-bond donors (Lipinski definition) is 2. The second-order valence-electron chi connectivity index (χ2n) is 10.7. The number of amides is 1. The van der Waals surface area contributed by atoms with Crippen LogP contribution in [0.4, 0.5) is 17.6 Å². The number of carbonyl (C=O) groups is 1. The molecular weight excluding hydrogens is 594 g/mol. The summed E-state index contributed by atoms with van der Waals surface area (Å²) in [6, 6.07) is 6.33. The van der Waals surface area contributed by atoms with Gasteiger partial charge < -0.3 is 15.1 Å². The van der Waals surface area contributed by atoms with Crippen molar-refractivity contribution in [2.75, 3.05) is 47.6 Å². The standard InChI is InChI=1S/C28H32ClN9O4S/c1-16-12-19(18(3)32-21-6-7-22(29)33-24(21)25(39)35-43(5,41)42)23-20(13-16)26(40)36(4)28(34-23)38-10-8-37(9-11-38)27-30-14-17(2)15-31-27/h6-7,12-15,18,32H,8-11H2,1-5H3,(H,35,39)/t18-/m1/s1. The summed E-state index contributed by atoms with van der Waals surface area (Å²) in [6.45, 7) is 8.26. The number of anilines is 3. The van der Waals surface area contributed by atoms with Crippen molar-refractivity contribution in [3.8, 4) is 0 Å². The first kappa shape index (κ1) is 30.2. The highest BCUT2D eigenvalue weighted by atomic mass is 35.5. The number of aromatic nitrogens is 5. The van der Waals surface area contributed by atoms with Crippen molar-refractivity contribution in [2.24, 2.45) is 7.05 Å². The maximum absolute atomic E-state index is 13.6. The van der Waals surface area contributed by atoms with Crippen molar-refractivity contribution in [3.05, 3.63) is 74.6 Å². The van der Waals surface area contributed by atoms with Crippen LogP contribution in [0.5, 0.6) is 0 Å². The summed E-state index contributed by atoms with van der Waals surface area (Å²) in [5.41, 5.74) is 3.02. The molecule has 0 saturated carbocycles. The number of piperazine rings is 1. The van der Waals surface area contributed by atoms with Crippen LogP contribution in [0.2, 0.25) is 5.15 Å². The summed E-state index contributed by atoms with van der Waals surface area (Å²) in [4.78, 5) is 48.4. The number of nitrogens with zero attached hydrogens (tertiary/aromatic N) is 7. The Bertz CT molecular complexity index is 1870. The number of sulfonamides is 1. The van der Waals surface area contributed by atoms with E-state index in [-0.39, 0.29) is 22.1 Å². The summed E-state index contributed by atoms with van der Waals surface area (Å²) in [6.07, 6.45) is 4.47. The minimum Gasteiger partial charge on any atom is -0.377 e. The van der Waals surface area contributed by atoms with Crippen LogP contribution < -0.4 is 25.4 Å². The van der Waals surface area contributed by atoms with Gasteiger partial charge in [-0.15, -0.1) is 0 Å². The predicted octanol–water partition coefficient (Wildman–Crippen LogP) is 2.58. The normalized spacial score (nSPS) is 14.6. The maximum Gasteiger partial charge on any atom is 0.285 e. The molecule has 15 heteroatoms. The van der Waals surface area contributed by atoms with Gasteiger partial charge in [0, 0.05) is 51.2 Å². The molecule has 0 radical (unpaired) electrons. The molecule has 4 aromatic rings. The summed E-state index contributed by atoms with van der Waals surface area (Å²) in [5.74, 6) is 0.295. The molecule has 0 bridgehead atoms. The Morgan fingerprint density at radius 3 is 2.30 bits per heavy atom. The first-order valence-corrected chi connectivity index (χ1v) is 15.8. The van der Waals surface area contributed by atoms with Gasteiger partial charge in [-0.3, -0.25) is 14.2 Å². The highest BCUT2D eigenvalue weighted by molar-refractivity contribution is 7.89. The molecule has 0 aliphatic carbocycles. The van der Waals surface area contributed by atoms with Gasteiger partial charge in [-0.25, -0.2) is 33.1 Å². The number of rotatable bonds is 7. The Labute approximate surface area is 254 Å². The molecule has 2 N–H and O–H groups in total. The fraction of sp³-hybridized carbons (Fsp3) is 0.357. The van der Waals surface area contributed by atoms with E-state index in [1.165, 1.54) is 6.07 Å². The minimum atomic E-state index is -3.83. The Kier molecular flexibility index (Phi) is 8.25. The second kappa shape index (κ2) is 11.8. The Morgan fingerprint density at radius 2 is 1.65 bits per heavy atom. The van der Waals surface area contributed by atoms with Crippen LogP contribution in [0.3, 0.4) is 0 Å². The number of nitrogens with one attached hydrogen (secondary N) is 2. The molecule has 226 valence electrons. The predicted molar refractivity (Wildman–Crippen MR) is 167 cm³/mol. The van der Waals surface area contributed by atoms with E-state index < -0.39 is 22.0 Å². The van der Waals surface area contributed by atoms with Crippen LogP contribution in [0.15, 0.2) is 41.5 Å². The molecule has 1 aromatic carbocycles. The first-order chi connectivity index (χ1) is 20.3. The molecule has 1 saturated heterocycles. The third kappa shape index (κ3) is 6.54. The van der Waals surface area contributed by atoms with Crippen LogP contribution in [0.25, 0.3) is 10.9 Å². The van der Waals surface area contributed by atoms with Crippen LogP contribution in [-0.2, 0) is 17.1 Å². The van der Waals surface area contributed by atoms with Gasteiger partial charge in [0.25, 0.3) is 11.5 Å².